The summed E-state index contributed by atoms with van der Waals surface area (Å²) in [5, 5.41) is 6.21. The van der Waals surface area contributed by atoms with Crippen molar-refractivity contribution in [3.63, 3.8) is 0 Å². The van der Waals surface area contributed by atoms with Crippen LogP contribution >= 0.6 is 15.9 Å². The number of carbonyl (C=O) groups excluding carboxylic acids is 1. The Labute approximate surface area is 133 Å². The molecule has 2 N–H and O–H groups in total. The number of carbonyl (C=O) groups is 1. The van der Waals surface area contributed by atoms with Crippen molar-refractivity contribution in [1.29, 1.82) is 0 Å². The van der Waals surface area contributed by atoms with E-state index in [1.807, 2.05) is 24.3 Å². The quantitative estimate of drug-likeness (QED) is 0.846. The van der Waals surface area contributed by atoms with Gasteiger partial charge in [-0.1, -0.05) is 18.2 Å². The van der Waals surface area contributed by atoms with Gasteiger partial charge in [0.2, 0.25) is 5.91 Å². The van der Waals surface area contributed by atoms with Gasteiger partial charge in [0.1, 0.15) is 0 Å². The molecule has 110 valence electrons. The molecule has 0 fully saturated rings. The molecule has 0 aliphatic rings. The number of amides is 1. The molecule has 1 amide bonds. The van der Waals surface area contributed by atoms with Crippen LogP contribution in [0.5, 0.6) is 0 Å². The standard InChI is InChI=1S/C17H19BrN2O/c1-11-8-12(2)17(16(18)9-11)19-10-14-4-6-15(7-5-14)20-13(3)21/h4-9,19H,10H2,1-3H3,(H,20,21). The van der Waals surface area contributed by atoms with Crippen LogP contribution in [-0.4, -0.2) is 5.91 Å². The van der Waals surface area contributed by atoms with Crippen molar-refractivity contribution in [1.82, 2.24) is 0 Å². The van der Waals surface area contributed by atoms with Crippen molar-refractivity contribution < 1.29 is 4.79 Å². The second-order valence-electron chi connectivity index (χ2n) is 5.17. The Bertz CT molecular complexity index is 627. The first-order valence-electron chi connectivity index (χ1n) is 6.83. The van der Waals surface area contributed by atoms with Gasteiger partial charge in [0.25, 0.3) is 0 Å². The molecule has 0 bridgehead atoms. The van der Waals surface area contributed by atoms with E-state index in [-0.39, 0.29) is 5.91 Å². The maximum Gasteiger partial charge on any atom is 0.221 e. The van der Waals surface area contributed by atoms with E-state index in [0.717, 1.165) is 28.0 Å². The first-order valence-corrected chi connectivity index (χ1v) is 7.62. The van der Waals surface area contributed by atoms with Gasteiger partial charge in [0.05, 0.1) is 5.69 Å². The number of rotatable bonds is 4. The predicted molar refractivity (Wildman–Crippen MR) is 91.7 cm³/mol. The smallest absolute Gasteiger partial charge is 0.221 e. The van der Waals surface area contributed by atoms with Gasteiger partial charge in [-0.25, -0.2) is 0 Å². The molecule has 2 aromatic rings. The lowest BCUT2D eigenvalue weighted by Gasteiger charge is -2.13. The Kier molecular flexibility index (Phi) is 5.02. The number of anilines is 2. The minimum absolute atomic E-state index is 0.0555. The summed E-state index contributed by atoms with van der Waals surface area (Å²) in [6.45, 7) is 6.43. The van der Waals surface area contributed by atoms with E-state index in [4.69, 9.17) is 0 Å². The zero-order valence-corrected chi connectivity index (χ0v) is 14.0. The average molecular weight is 347 g/mol. The van der Waals surface area contributed by atoms with Crippen LogP contribution in [0.25, 0.3) is 0 Å². The molecule has 0 aliphatic heterocycles. The molecule has 0 unspecified atom stereocenters. The van der Waals surface area contributed by atoms with Gasteiger partial charge < -0.3 is 10.6 Å². The van der Waals surface area contributed by atoms with Crippen LogP contribution in [0.3, 0.4) is 0 Å². The Hall–Kier alpha value is -1.81. The number of hydrogen-bond donors (Lipinski definition) is 2. The minimum atomic E-state index is -0.0555. The fourth-order valence-electron chi connectivity index (χ4n) is 2.24. The topological polar surface area (TPSA) is 41.1 Å². The zero-order valence-electron chi connectivity index (χ0n) is 12.5. The van der Waals surface area contributed by atoms with Gasteiger partial charge in [-0.2, -0.15) is 0 Å². The van der Waals surface area contributed by atoms with Crippen LogP contribution in [-0.2, 0) is 11.3 Å². The highest BCUT2D eigenvalue weighted by Gasteiger charge is 2.05. The van der Waals surface area contributed by atoms with E-state index in [0.29, 0.717) is 0 Å². The zero-order chi connectivity index (χ0) is 15.4. The van der Waals surface area contributed by atoms with Crippen molar-refractivity contribution in [2.45, 2.75) is 27.3 Å². The minimum Gasteiger partial charge on any atom is -0.380 e. The molecule has 0 radical (unpaired) electrons. The molecule has 0 saturated heterocycles. The van der Waals surface area contributed by atoms with E-state index in [1.54, 1.807) is 0 Å². The number of nitrogens with one attached hydrogen (secondary N) is 2. The van der Waals surface area contributed by atoms with E-state index in [9.17, 15) is 4.79 Å². The summed E-state index contributed by atoms with van der Waals surface area (Å²) in [6.07, 6.45) is 0. The molecular formula is C17H19BrN2O. The molecule has 0 aromatic heterocycles. The normalized spacial score (nSPS) is 10.3. The second-order valence-corrected chi connectivity index (χ2v) is 6.02. The average Bonchev–Trinajstić information content (AvgIpc) is 2.38. The van der Waals surface area contributed by atoms with Gasteiger partial charge in [0, 0.05) is 23.6 Å². The van der Waals surface area contributed by atoms with Crippen LogP contribution in [0.4, 0.5) is 11.4 Å². The Morgan fingerprint density at radius 3 is 2.38 bits per heavy atom. The molecule has 0 aliphatic carbocycles. The molecule has 2 aromatic carbocycles. The molecule has 0 spiro atoms. The Morgan fingerprint density at radius 1 is 1.14 bits per heavy atom. The van der Waals surface area contributed by atoms with Crippen LogP contribution in [0, 0.1) is 13.8 Å². The van der Waals surface area contributed by atoms with E-state index in [1.165, 1.54) is 18.1 Å². The highest BCUT2D eigenvalue weighted by molar-refractivity contribution is 9.10. The highest BCUT2D eigenvalue weighted by atomic mass is 79.9. The predicted octanol–water partition coefficient (Wildman–Crippen LogP) is 4.64. The molecule has 0 atom stereocenters. The lowest BCUT2D eigenvalue weighted by atomic mass is 10.1. The number of halogens is 1. The third-order valence-corrected chi connectivity index (χ3v) is 3.80. The maximum absolute atomic E-state index is 11.0. The molecule has 2 rings (SSSR count). The molecular weight excluding hydrogens is 328 g/mol. The summed E-state index contributed by atoms with van der Waals surface area (Å²) in [7, 11) is 0. The molecule has 21 heavy (non-hydrogen) atoms. The Balaban J connectivity index is 2.05. The van der Waals surface area contributed by atoms with Gasteiger partial charge in [-0.15, -0.1) is 0 Å². The van der Waals surface area contributed by atoms with Gasteiger partial charge in [-0.05, 0) is 64.7 Å². The van der Waals surface area contributed by atoms with Crippen molar-refractivity contribution >= 4 is 33.2 Å². The third-order valence-electron chi connectivity index (χ3n) is 3.18. The monoisotopic (exact) mass is 346 g/mol. The first kappa shape index (κ1) is 15.6. The van der Waals surface area contributed by atoms with Crippen LogP contribution in [0.15, 0.2) is 40.9 Å². The number of benzene rings is 2. The summed E-state index contributed by atoms with van der Waals surface area (Å²) in [5.74, 6) is -0.0555. The van der Waals surface area contributed by atoms with Gasteiger partial charge in [-0.3, -0.25) is 4.79 Å². The summed E-state index contributed by atoms with van der Waals surface area (Å²) < 4.78 is 1.08. The summed E-state index contributed by atoms with van der Waals surface area (Å²) in [4.78, 5) is 11.0. The van der Waals surface area contributed by atoms with Crippen LogP contribution in [0.2, 0.25) is 0 Å². The molecule has 4 heteroatoms. The lowest BCUT2D eigenvalue weighted by Crippen LogP contribution is -2.06. The van der Waals surface area contributed by atoms with Crippen LogP contribution < -0.4 is 10.6 Å². The van der Waals surface area contributed by atoms with E-state index in [2.05, 4.69) is 52.5 Å². The first-order chi connectivity index (χ1) is 9.95. The fraction of sp³-hybridized carbons (Fsp3) is 0.235. The maximum atomic E-state index is 11.0. The fourth-order valence-corrected chi connectivity index (χ4v) is 3.05. The Morgan fingerprint density at radius 2 is 1.81 bits per heavy atom. The van der Waals surface area contributed by atoms with Crippen molar-refractivity contribution in [2.24, 2.45) is 0 Å². The highest BCUT2D eigenvalue weighted by Crippen LogP contribution is 2.28. The largest absolute Gasteiger partial charge is 0.380 e. The second kappa shape index (κ2) is 6.76. The summed E-state index contributed by atoms with van der Waals surface area (Å²) >= 11 is 3.60. The van der Waals surface area contributed by atoms with Gasteiger partial charge in [0.15, 0.2) is 0 Å². The third kappa shape index (κ3) is 4.33. The van der Waals surface area contributed by atoms with E-state index < -0.39 is 0 Å². The lowest BCUT2D eigenvalue weighted by molar-refractivity contribution is -0.114. The number of aryl methyl sites for hydroxylation is 2. The van der Waals surface area contributed by atoms with Crippen LogP contribution in [0.1, 0.15) is 23.6 Å². The van der Waals surface area contributed by atoms with Crippen molar-refractivity contribution in [2.75, 3.05) is 10.6 Å². The number of hydrogen-bond acceptors (Lipinski definition) is 2. The van der Waals surface area contributed by atoms with E-state index >= 15 is 0 Å². The molecule has 3 nitrogen and oxygen atoms in total. The SMILES string of the molecule is CC(=O)Nc1ccc(CNc2c(C)cc(C)cc2Br)cc1. The summed E-state index contributed by atoms with van der Waals surface area (Å²) in [6, 6.07) is 12.1. The van der Waals surface area contributed by atoms with Gasteiger partial charge >= 0.3 is 0 Å². The van der Waals surface area contributed by atoms with Crippen molar-refractivity contribution in [3.8, 4) is 0 Å². The summed E-state index contributed by atoms with van der Waals surface area (Å²) in [5.41, 5.74) is 5.56. The molecule has 0 saturated carbocycles. The molecule has 0 heterocycles. The van der Waals surface area contributed by atoms with Crippen molar-refractivity contribution in [3.05, 3.63) is 57.6 Å².